The summed E-state index contributed by atoms with van der Waals surface area (Å²) < 4.78 is 5.20. The van der Waals surface area contributed by atoms with Crippen LogP contribution in [0, 0.1) is 16.7 Å². The highest BCUT2D eigenvalue weighted by Crippen LogP contribution is 2.22. The van der Waals surface area contributed by atoms with E-state index in [-0.39, 0.29) is 11.3 Å². The number of ether oxygens (including phenoxy) is 1. The molecule has 1 atom stereocenters. The van der Waals surface area contributed by atoms with Crippen LogP contribution in [0.5, 0.6) is 0 Å². The second-order valence-corrected chi connectivity index (χ2v) is 5.72. The summed E-state index contributed by atoms with van der Waals surface area (Å²) in [6, 6.07) is 1.72. The van der Waals surface area contributed by atoms with Crippen LogP contribution in [0.4, 0.5) is 0 Å². The molecule has 1 heterocycles. The van der Waals surface area contributed by atoms with Crippen LogP contribution in [0.25, 0.3) is 0 Å². The molecule has 1 fully saturated rings. The number of nitriles is 1. The molecule has 1 rings (SSSR count). The lowest BCUT2D eigenvalue weighted by molar-refractivity contribution is -0.137. The summed E-state index contributed by atoms with van der Waals surface area (Å²) >= 11 is 0. The molecule has 0 aromatic heterocycles. The maximum atomic E-state index is 12.0. The van der Waals surface area contributed by atoms with Gasteiger partial charge in [0.25, 0.3) is 0 Å². The summed E-state index contributed by atoms with van der Waals surface area (Å²) in [5.41, 5.74) is 0.264. The highest BCUT2D eigenvalue weighted by molar-refractivity contribution is 5.77. The van der Waals surface area contributed by atoms with Crippen LogP contribution in [-0.4, -0.2) is 36.6 Å². The number of carbonyl (C=O) groups excluding carboxylic acids is 1. The van der Waals surface area contributed by atoms with E-state index in [2.05, 4.69) is 26.8 Å². The molecule has 0 unspecified atom stereocenters. The van der Waals surface area contributed by atoms with Gasteiger partial charge in [0, 0.05) is 13.0 Å². The minimum atomic E-state index is -0.397. The number of hydrogen-bond acceptors (Lipinski definition) is 3. The first-order valence-corrected chi connectivity index (χ1v) is 6.21. The minimum absolute atomic E-state index is 0.0871. The third kappa shape index (κ3) is 4.74. The van der Waals surface area contributed by atoms with Crippen LogP contribution in [-0.2, 0) is 9.53 Å². The SMILES string of the molecule is CC(C)(C)CCCC(=O)N1CCOC[C@@H]1C#N. The van der Waals surface area contributed by atoms with Gasteiger partial charge in [0.05, 0.1) is 19.3 Å². The molecule has 17 heavy (non-hydrogen) atoms. The lowest BCUT2D eigenvalue weighted by atomic mass is 9.90. The fourth-order valence-corrected chi connectivity index (χ4v) is 1.92. The summed E-state index contributed by atoms with van der Waals surface area (Å²) in [5, 5.41) is 8.94. The van der Waals surface area contributed by atoms with Crippen molar-refractivity contribution in [3.8, 4) is 6.07 Å². The van der Waals surface area contributed by atoms with Crippen LogP contribution in [0.1, 0.15) is 40.0 Å². The number of rotatable bonds is 3. The van der Waals surface area contributed by atoms with Crippen LogP contribution in [0.15, 0.2) is 0 Å². The van der Waals surface area contributed by atoms with E-state index in [1.807, 2.05) is 0 Å². The standard InChI is InChI=1S/C13H22N2O2/c1-13(2,3)6-4-5-12(16)15-7-8-17-10-11(15)9-14/h11H,4-8,10H2,1-3H3/t11-/m0/s1. The Morgan fingerprint density at radius 1 is 1.53 bits per heavy atom. The van der Waals surface area contributed by atoms with E-state index in [1.54, 1.807) is 4.90 Å². The van der Waals surface area contributed by atoms with Crippen molar-refractivity contribution in [1.82, 2.24) is 4.90 Å². The molecule has 0 aromatic rings. The molecule has 0 aliphatic carbocycles. The van der Waals surface area contributed by atoms with Gasteiger partial charge in [-0.2, -0.15) is 5.26 Å². The van der Waals surface area contributed by atoms with Crippen LogP contribution in [0.3, 0.4) is 0 Å². The molecule has 0 N–H and O–H groups in total. The summed E-state index contributed by atoms with van der Waals surface area (Å²) in [6.45, 7) is 7.95. The lowest BCUT2D eigenvalue weighted by Gasteiger charge is -2.31. The van der Waals surface area contributed by atoms with E-state index in [0.717, 1.165) is 12.8 Å². The number of hydrogen-bond donors (Lipinski definition) is 0. The van der Waals surface area contributed by atoms with Gasteiger partial charge in [0.2, 0.25) is 5.91 Å². The first-order valence-electron chi connectivity index (χ1n) is 6.21. The second kappa shape index (κ2) is 6.02. The first kappa shape index (κ1) is 14.0. The van der Waals surface area contributed by atoms with E-state index < -0.39 is 6.04 Å². The van der Waals surface area contributed by atoms with Gasteiger partial charge in [0.1, 0.15) is 6.04 Å². The maximum Gasteiger partial charge on any atom is 0.223 e. The highest BCUT2D eigenvalue weighted by Gasteiger charge is 2.26. The molecular weight excluding hydrogens is 216 g/mol. The van der Waals surface area contributed by atoms with E-state index in [4.69, 9.17) is 10.00 Å². The van der Waals surface area contributed by atoms with Crippen LogP contribution >= 0.6 is 0 Å². The predicted octanol–water partition coefficient (Wildman–Crippen LogP) is 1.95. The van der Waals surface area contributed by atoms with Crippen LogP contribution in [0.2, 0.25) is 0 Å². The fourth-order valence-electron chi connectivity index (χ4n) is 1.92. The van der Waals surface area contributed by atoms with Crippen molar-refractivity contribution in [3.63, 3.8) is 0 Å². The van der Waals surface area contributed by atoms with E-state index in [0.29, 0.717) is 26.2 Å². The zero-order valence-corrected chi connectivity index (χ0v) is 11.0. The normalized spacial score (nSPS) is 21.1. The molecule has 1 aliphatic heterocycles. The third-order valence-corrected chi connectivity index (χ3v) is 2.92. The van der Waals surface area contributed by atoms with Crippen molar-refractivity contribution in [2.75, 3.05) is 19.8 Å². The molecule has 0 radical (unpaired) electrons. The zero-order chi connectivity index (χ0) is 12.9. The maximum absolute atomic E-state index is 12.0. The first-order chi connectivity index (χ1) is 7.94. The van der Waals surface area contributed by atoms with Crippen molar-refractivity contribution >= 4 is 5.91 Å². The molecule has 0 aromatic carbocycles. The molecule has 0 spiro atoms. The molecular formula is C13H22N2O2. The van der Waals surface area contributed by atoms with Gasteiger partial charge < -0.3 is 9.64 Å². The lowest BCUT2D eigenvalue weighted by Crippen LogP contribution is -2.47. The molecule has 4 nitrogen and oxygen atoms in total. The van der Waals surface area contributed by atoms with E-state index >= 15 is 0 Å². The average molecular weight is 238 g/mol. The highest BCUT2D eigenvalue weighted by atomic mass is 16.5. The van der Waals surface area contributed by atoms with Crippen molar-refractivity contribution in [3.05, 3.63) is 0 Å². The number of carbonyl (C=O) groups is 1. The van der Waals surface area contributed by atoms with E-state index in [9.17, 15) is 4.79 Å². The predicted molar refractivity (Wildman–Crippen MR) is 65.2 cm³/mol. The Balaban J connectivity index is 2.38. The summed E-state index contributed by atoms with van der Waals surface area (Å²) in [7, 11) is 0. The Bertz CT molecular complexity index is 302. The Hall–Kier alpha value is -1.08. The minimum Gasteiger partial charge on any atom is -0.376 e. The van der Waals surface area contributed by atoms with Gasteiger partial charge in [-0.3, -0.25) is 4.79 Å². The van der Waals surface area contributed by atoms with Crippen molar-refractivity contribution in [2.24, 2.45) is 5.41 Å². The molecule has 1 aliphatic rings. The second-order valence-electron chi connectivity index (χ2n) is 5.72. The average Bonchev–Trinajstić information content (AvgIpc) is 2.27. The molecule has 0 bridgehead atoms. The van der Waals surface area contributed by atoms with Gasteiger partial charge in [-0.25, -0.2) is 0 Å². The smallest absolute Gasteiger partial charge is 0.223 e. The molecule has 96 valence electrons. The number of nitrogens with zero attached hydrogens (tertiary/aromatic N) is 2. The van der Waals surface area contributed by atoms with Gasteiger partial charge in [-0.15, -0.1) is 0 Å². The molecule has 0 saturated carbocycles. The Kier molecular flexibility index (Phi) is 4.95. The van der Waals surface area contributed by atoms with Crippen LogP contribution < -0.4 is 0 Å². The third-order valence-electron chi connectivity index (χ3n) is 2.92. The monoisotopic (exact) mass is 238 g/mol. The number of amides is 1. The molecule has 1 saturated heterocycles. The summed E-state index contributed by atoms with van der Waals surface area (Å²) in [5.74, 6) is 0.0871. The topological polar surface area (TPSA) is 53.3 Å². The zero-order valence-electron chi connectivity index (χ0n) is 11.0. The summed E-state index contributed by atoms with van der Waals surface area (Å²) in [4.78, 5) is 13.6. The Labute approximate surface area is 104 Å². The number of morpholine rings is 1. The van der Waals surface area contributed by atoms with Gasteiger partial charge >= 0.3 is 0 Å². The van der Waals surface area contributed by atoms with Gasteiger partial charge in [-0.05, 0) is 18.3 Å². The van der Waals surface area contributed by atoms with Gasteiger partial charge in [-0.1, -0.05) is 20.8 Å². The van der Waals surface area contributed by atoms with Crippen molar-refractivity contribution in [1.29, 1.82) is 5.26 Å². The Morgan fingerprint density at radius 2 is 2.24 bits per heavy atom. The quantitative estimate of drug-likeness (QED) is 0.755. The summed E-state index contributed by atoms with van der Waals surface area (Å²) in [6.07, 6.45) is 2.45. The van der Waals surface area contributed by atoms with E-state index in [1.165, 1.54) is 0 Å². The Morgan fingerprint density at radius 3 is 2.82 bits per heavy atom. The van der Waals surface area contributed by atoms with Crippen molar-refractivity contribution < 1.29 is 9.53 Å². The molecule has 4 heteroatoms. The molecule has 1 amide bonds. The van der Waals surface area contributed by atoms with Gasteiger partial charge in [0.15, 0.2) is 0 Å². The van der Waals surface area contributed by atoms with Crippen molar-refractivity contribution in [2.45, 2.75) is 46.1 Å². The largest absolute Gasteiger partial charge is 0.376 e. The fraction of sp³-hybridized carbons (Fsp3) is 0.846.